The van der Waals surface area contributed by atoms with Crippen molar-refractivity contribution in [3.05, 3.63) is 72.2 Å². The molecule has 3 N–H and O–H groups in total. The Morgan fingerprint density at radius 2 is 2.07 bits per heavy atom. The Balaban J connectivity index is 1.89. The first kappa shape index (κ1) is 20.8. The van der Waals surface area contributed by atoms with Gasteiger partial charge >= 0.3 is 0 Å². The summed E-state index contributed by atoms with van der Waals surface area (Å²) >= 11 is 0. The summed E-state index contributed by atoms with van der Waals surface area (Å²) in [6.45, 7) is 9.41. The fraction of sp³-hybridized carbons (Fsp3) is 0.182. The Bertz CT molecular complexity index is 1120. The highest BCUT2D eigenvalue weighted by Crippen LogP contribution is 2.28. The Labute approximate surface area is 175 Å². The van der Waals surface area contributed by atoms with Gasteiger partial charge in [0, 0.05) is 36.1 Å². The number of benzene rings is 1. The van der Waals surface area contributed by atoms with Crippen LogP contribution in [0.2, 0.25) is 0 Å². The van der Waals surface area contributed by atoms with Crippen LogP contribution in [0.3, 0.4) is 0 Å². The van der Waals surface area contributed by atoms with Gasteiger partial charge in [0.25, 0.3) is 0 Å². The lowest BCUT2D eigenvalue weighted by molar-refractivity contribution is 0.413. The minimum Gasteiger partial charge on any atom is -0.494 e. The van der Waals surface area contributed by atoms with E-state index in [2.05, 4.69) is 31.8 Å². The third-order valence-electron chi connectivity index (χ3n) is 4.11. The van der Waals surface area contributed by atoms with Gasteiger partial charge in [0.15, 0.2) is 0 Å². The number of aliphatic imine (C=N–C) groups is 1. The minimum absolute atomic E-state index is 0.421. The van der Waals surface area contributed by atoms with Crippen molar-refractivity contribution in [3.63, 3.8) is 0 Å². The van der Waals surface area contributed by atoms with Gasteiger partial charge in [-0.3, -0.25) is 4.99 Å². The first-order chi connectivity index (χ1) is 14.4. The number of methoxy groups -OCH3 is 1. The molecular weight excluding hydrogens is 378 g/mol. The van der Waals surface area contributed by atoms with E-state index < -0.39 is 0 Å². The molecule has 3 rings (SSSR count). The van der Waals surface area contributed by atoms with Crippen molar-refractivity contribution in [2.24, 2.45) is 10.7 Å². The third-order valence-corrected chi connectivity index (χ3v) is 4.11. The second-order valence-corrected chi connectivity index (χ2v) is 6.84. The number of hydrogen-bond donors (Lipinski definition) is 2. The summed E-state index contributed by atoms with van der Waals surface area (Å²) in [7, 11) is 1.63. The Morgan fingerprint density at radius 1 is 1.27 bits per heavy atom. The molecule has 0 bridgehead atoms. The molecule has 0 spiro atoms. The maximum absolute atomic E-state index is 6.00. The first-order valence-corrected chi connectivity index (χ1v) is 9.32. The molecule has 0 saturated carbocycles. The molecule has 3 aromatic rings. The van der Waals surface area contributed by atoms with Crippen LogP contribution in [-0.4, -0.2) is 32.8 Å². The molecule has 0 atom stereocenters. The Hall–Kier alpha value is -3.94. The first-order valence-electron chi connectivity index (χ1n) is 9.32. The van der Waals surface area contributed by atoms with Crippen molar-refractivity contribution in [2.75, 3.05) is 12.4 Å². The number of rotatable bonds is 7. The molecule has 8 nitrogen and oxygen atoms in total. The van der Waals surface area contributed by atoms with Gasteiger partial charge in [-0.15, -0.1) is 0 Å². The average Bonchev–Trinajstić information content (AvgIpc) is 3.14. The average molecular weight is 403 g/mol. The van der Waals surface area contributed by atoms with E-state index in [1.807, 2.05) is 42.8 Å². The highest BCUT2D eigenvalue weighted by atomic mass is 16.5. The largest absolute Gasteiger partial charge is 0.494 e. The van der Waals surface area contributed by atoms with Crippen molar-refractivity contribution in [3.8, 4) is 11.4 Å². The molecular formula is C22H25N7O. The fourth-order valence-corrected chi connectivity index (χ4v) is 2.75. The van der Waals surface area contributed by atoms with E-state index in [0.717, 1.165) is 22.6 Å². The van der Waals surface area contributed by atoms with E-state index in [0.29, 0.717) is 28.8 Å². The Morgan fingerprint density at radius 3 is 2.70 bits per heavy atom. The van der Waals surface area contributed by atoms with Crippen molar-refractivity contribution in [1.82, 2.24) is 19.5 Å². The van der Waals surface area contributed by atoms with Gasteiger partial charge in [-0.2, -0.15) is 0 Å². The SMILES string of the molecule is C=C(C)C=N/C(=C(/C)N)c1ccnc(Nc2ccc(-n3cnc(C)c3)c(OC)c2)n1. The van der Waals surface area contributed by atoms with Crippen LogP contribution < -0.4 is 15.8 Å². The van der Waals surface area contributed by atoms with E-state index in [9.17, 15) is 0 Å². The summed E-state index contributed by atoms with van der Waals surface area (Å²) in [6, 6.07) is 7.51. The van der Waals surface area contributed by atoms with Crippen LogP contribution in [0.4, 0.5) is 11.6 Å². The summed E-state index contributed by atoms with van der Waals surface area (Å²) in [4.78, 5) is 17.5. The predicted octanol–water partition coefficient (Wildman–Crippen LogP) is 4.02. The zero-order chi connectivity index (χ0) is 21.7. The lowest BCUT2D eigenvalue weighted by Gasteiger charge is -2.12. The van der Waals surface area contributed by atoms with Crippen LogP contribution >= 0.6 is 0 Å². The molecule has 2 heterocycles. The summed E-state index contributed by atoms with van der Waals surface area (Å²) in [5, 5.41) is 3.20. The number of imidazole rings is 1. The quantitative estimate of drug-likeness (QED) is 0.578. The summed E-state index contributed by atoms with van der Waals surface area (Å²) in [5.74, 6) is 1.11. The number of allylic oxidation sites excluding steroid dienone is 2. The number of nitrogens with one attached hydrogen (secondary N) is 1. The van der Waals surface area contributed by atoms with Crippen molar-refractivity contribution < 1.29 is 4.74 Å². The Kier molecular flexibility index (Phi) is 6.26. The highest BCUT2D eigenvalue weighted by molar-refractivity contribution is 5.83. The zero-order valence-corrected chi connectivity index (χ0v) is 17.5. The number of aryl methyl sites for hydroxylation is 1. The predicted molar refractivity (Wildman–Crippen MR) is 120 cm³/mol. The van der Waals surface area contributed by atoms with Crippen LogP contribution in [0.25, 0.3) is 11.4 Å². The van der Waals surface area contributed by atoms with E-state index >= 15 is 0 Å². The number of nitrogens with zero attached hydrogens (tertiary/aromatic N) is 5. The van der Waals surface area contributed by atoms with E-state index in [1.165, 1.54) is 0 Å². The molecule has 0 aliphatic carbocycles. The summed E-state index contributed by atoms with van der Waals surface area (Å²) in [6.07, 6.45) is 7.00. The van der Waals surface area contributed by atoms with Crippen LogP contribution in [0.1, 0.15) is 25.2 Å². The van der Waals surface area contributed by atoms with E-state index in [-0.39, 0.29) is 0 Å². The number of ether oxygens (including phenoxy) is 1. The van der Waals surface area contributed by atoms with Crippen LogP contribution in [0.15, 0.2) is 65.8 Å². The number of anilines is 2. The topological polar surface area (TPSA) is 103 Å². The maximum atomic E-state index is 6.00. The second-order valence-electron chi connectivity index (χ2n) is 6.84. The van der Waals surface area contributed by atoms with Gasteiger partial charge in [0.1, 0.15) is 11.4 Å². The maximum Gasteiger partial charge on any atom is 0.227 e. The van der Waals surface area contributed by atoms with Crippen molar-refractivity contribution in [1.29, 1.82) is 0 Å². The molecule has 0 aliphatic rings. The lowest BCUT2D eigenvalue weighted by atomic mass is 10.2. The minimum atomic E-state index is 0.421. The van der Waals surface area contributed by atoms with Crippen LogP contribution in [-0.2, 0) is 0 Å². The van der Waals surface area contributed by atoms with E-state index in [1.54, 1.807) is 38.8 Å². The summed E-state index contributed by atoms with van der Waals surface area (Å²) < 4.78 is 7.47. The smallest absolute Gasteiger partial charge is 0.227 e. The zero-order valence-electron chi connectivity index (χ0n) is 17.5. The fourth-order valence-electron chi connectivity index (χ4n) is 2.75. The highest BCUT2D eigenvalue weighted by Gasteiger charge is 2.10. The number of hydrogen-bond acceptors (Lipinski definition) is 7. The van der Waals surface area contributed by atoms with Gasteiger partial charge in [-0.05, 0) is 44.5 Å². The summed E-state index contributed by atoms with van der Waals surface area (Å²) in [5.41, 5.74) is 11.2. The third kappa shape index (κ3) is 4.91. The van der Waals surface area contributed by atoms with Crippen LogP contribution in [0, 0.1) is 6.92 Å². The van der Waals surface area contributed by atoms with Gasteiger partial charge in [0.05, 0.1) is 30.5 Å². The molecule has 2 aromatic heterocycles. The van der Waals surface area contributed by atoms with Gasteiger partial charge in [0.2, 0.25) is 5.95 Å². The molecule has 0 unspecified atom stereocenters. The van der Waals surface area contributed by atoms with Gasteiger partial charge in [-0.25, -0.2) is 15.0 Å². The van der Waals surface area contributed by atoms with Crippen molar-refractivity contribution in [2.45, 2.75) is 20.8 Å². The number of nitrogens with two attached hydrogens (primary N) is 1. The second kappa shape index (κ2) is 9.04. The molecule has 30 heavy (non-hydrogen) atoms. The molecule has 154 valence electrons. The lowest BCUT2D eigenvalue weighted by Crippen LogP contribution is -2.03. The molecule has 0 amide bonds. The monoisotopic (exact) mass is 403 g/mol. The molecule has 1 aromatic carbocycles. The molecule has 0 fully saturated rings. The molecule has 8 heteroatoms. The standard InChI is InChI=1S/C22H25N7O/c1-14(2)11-25-21(16(4)23)18-8-9-24-22(28-18)27-17-6-7-19(20(10-17)30-5)29-12-15(3)26-13-29/h6-13H,1,23H2,2-5H3,(H,24,27,28)/b21-16-,25-11?. The van der Waals surface area contributed by atoms with Gasteiger partial charge < -0.3 is 20.4 Å². The van der Waals surface area contributed by atoms with Gasteiger partial charge in [-0.1, -0.05) is 6.58 Å². The van der Waals surface area contributed by atoms with E-state index in [4.69, 9.17) is 10.5 Å². The van der Waals surface area contributed by atoms with Crippen molar-refractivity contribution >= 4 is 23.5 Å². The molecule has 0 saturated heterocycles. The molecule has 0 aliphatic heterocycles. The molecule has 0 radical (unpaired) electrons. The number of aromatic nitrogens is 4. The van der Waals surface area contributed by atoms with Crippen LogP contribution in [0.5, 0.6) is 5.75 Å². The normalized spacial score (nSPS) is 12.0.